The molecule has 1 heterocycles. The molecule has 0 radical (unpaired) electrons. The van der Waals surface area contributed by atoms with Gasteiger partial charge in [-0.15, -0.1) is 6.58 Å². The summed E-state index contributed by atoms with van der Waals surface area (Å²) in [4.78, 5) is 28.1. The zero-order chi connectivity index (χ0) is 17.7. The zero-order valence-electron chi connectivity index (χ0n) is 13.9. The highest BCUT2D eigenvalue weighted by molar-refractivity contribution is 7.80. The Kier molecular flexibility index (Phi) is 5.87. The molecule has 0 bridgehead atoms. The average Bonchev–Trinajstić information content (AvgIpc) is 2.58. The minimum Gasteiger partial charge on any atom is -0.372 e. The van der Waals surface area contributed by atoms with Gasteiger partial charge in [-0.3, -0.25) is 19.8 Å². The molecule has 24 heavy (non-hydrogen) atoms. The van der Waals surface area contributed by atoms with Crippen LogP contribution in [0.25, 0.3) is 6.08 Å². The Labute approximate surface area is 147 Å². The van der Waals surface area contributed by atoms with E-state index >= 15 is 0 Å². The molecule has 0 saturated carbocycles. The van der Waals surface area contributed by atoms with Crippen molar-refractivity contribution in [3.8, 4) is 0 Å². The number of carbonyl (C=O) groups excluding carboxylic acids is 2. The molecule has 5 nitrogen and oxygen atoms in total. The van der Waals surface area contributed by atoms with Crippen LogP contribution in [0.15, 0.2) is 42.5 Å². The van der Waals surface area contributed by atoms with Gasteiger partial charge in [0.1, 0.15) is 5.57 Å². The normalized spacial score (nSPS) is 16.3. The van der Waals surface area contributed by atoms with Gasteiger partial charge in [-0.25, -0.2) is 0 Å². The van der Waals surface area contributed by atoms with Gasteiger partial charge in [0.2, 0.25) is 0 Å². The van der Waals surface area contributed by atoms with Gasteiger partial charge < -0.3 is 4.90 Å². The number of hydrogen-bond acceptors (Lipinski definition) is 4. The van der Waals surface area contributed by atoms with Crippen LogP contribution >= 0.6 is 12.2 Å². The molecule has 2 rings (SSSR count). The minimum atomic E-state index is -0.474. The van der Waals surface area contributed by atoms with Crippen LogP contribution in [0, 0.1) is 0 Å². The summed E-state index contributed by atoms with van der Waals surface area (Å²) in [5, 5.41) is 2.65. The number of nitrogens with one attached hydrogen (secondary N) is 1. The first-order chi connectivity index (χ1) is 11.5. The Morgan fingerprint density at radius 2 is 1.83 bits per heavy atom. The van der Waals surface area contributed by atoms with Crippen molar-refractivity contribution in [2.45, 2.75) is 13.8 Å². The van der Waals surface area contributed by atoms with Crippen molar-refractivity contribution in [3.05, 3.63) is 48.1 Å². The van der Waals surface area contributed by atoms with Crippen LogP contribution in [-0.4, -0.2) is 41.5 Å². The molecule has 2 amide bonds. The summed E-state index contributed by atoms with van der Waals surface area (Å²) in [6.07, 6.45) is 3.15. The van der Waals surface area contributed by atoms with Gasteiger partial charge >= 0.3 is 0 Å². The summed E-state index contributed by atoms with van der Waals surface area (Å²) in [6.45, 7) is 9.91. The van der Waals surface area contributed by atoms with Crippen molar-refractivity contribution in [2.75, 3.05) is 24.5 Å². The maximum atomic E-state index is 12.5. The first kappa shape index (κ1) is 17.9. The standard InChI is InChI=1S/C18H21N3O2S/c1-4-11-21-17(23)15(16(22)19-18(21)24)12-13-7-9-14(10-8-13)20(5-2)6-3/h4,7-10,12H,1,5-6,11H2,2-3H3,(H,19,22,24). The highest BCUT2D eigenvalue weighted by Crippen LogP contribution is 2.18. The number of nitrogens with zero attached hydrogens (tertiary/aromatic N) is 2. The highest BCUT2D eigenvalue weighted by Gasteiger charge is 2.32. The molecule has 1 aliphatic heterocycles. The van der Waals surface area contributed by atoms with Gasteiger partial charge in [0.05, 0.1) is 0 Å². The van der Waals surface area contributed by atoms with Gasteiger partial charge in [0, 0.05) is 25.3 Å². The van der Waals surface area contributed by atoms with Crippen LogP contribution in [0.1, 0.15) is 19.4 Å². The Morgan fingerprint density at radius 3 is 2.38 bits per heavy atom. The number of anilines is 1. The van der Waals surface area contributed by atoms with E-state index in [0.717, 1.165) is 24.3 Å². The smallest absolute Gasteiger partial charge is 0.265 e. The Hall–Kier alpha value is -2.47. The highest BCUT2D eigenvalue weighted by atomic mass is 32.1. The van der Waals surface area contributed by atoms with E-state index in [2.05, 4.69) is 30.6 Å². The van der Waals surface area contributed by atoms with Gasteiger partial charge in [-0.2, -0.15) is 0 Å². The van der Waals surface area contributed by atoms with E-state index in [0.29, 0.717) is 0 Å². The van der Waals surface area contributed by atoms with Crippen LogP contribution in [0.2, 0.25) is 0 Å². The summed E-state index contributed by atoms with van der Waals surface area (Å²) >= 11 is 5.03. The Bertz CT molecular complexity index is 691. The third kappa shape index (κ3) is 3.71. The summed E-state index contributed by atoms with van der Waals surface area (Å²) < 4.78 is 0. The van der Waals surface area contributed by atoms with Gasteiger partial charge in [-0.1, -0.05) is 18.2 Å². The molecule has 1 aliphatic rings. The lowest BCUT2D eigenvalue weighted by atomic mass is 10.1. The number of thiocarbonyl (C=S) groups is 1. The first-order valence-electron chi connectivity index (χ1n) is 7.86. The monoisotopic (exact) mass is 343 g/mol. The summed E-state index contributed by atoms with van der Waals surface area (Å²) in [5.41, 5.74) is 1.97. The van der Waals surface area contributed by atoms with E-state index in [1.165, 1.54) is 4.90 Å². The zero-order valence-corrected chi connectivity index (χ0v) is 14.7. The number of hydrogen-bond donors (Lipinski definition) is 1. The van der Waals surface area contributed by atoms with E-state index in [4.69, 9.17) is 12.2 Å². The van der Waals surface area contributed by atoms with Crippen LogP contribution < -0.4 is 10.2 Å². The van der Waals surface area contributed by atoms with E-state index < -0.39 is 11.8 Å². The second kappa shape index (κ2) is 7.88. The molecule has 1 fully saturated rings. The maximum absolute atomic E-state index is 12.5. The van der Waals surface area contributed by atoms with Gasteiger partial charge in [0.15, 0.2) is 5.11 Å². The minimum absolute atomic E-state index is 0.0704. The number of benzene rings is 1. The summed E-state index contributed by atoms with van der Waals surface area (Å²) in [5.74, 6) is -0.880. The van der Waals surface area contributed by atoms with Crippen LogP contribution in [0.3, 0.4) is 0 Å². The van der Waals surface area contributed by atoms with Gasteiger partial charge in [0.25, 0.3) is 11.8 Å². The largest absolute Gasteiger partial charge is 0.372 e. The fourth-order valence-electron chi connectivity index (χ4n) is 2.53. The lowest BCUT2D eigenvalue weighted by molar-refractivity contribution is -0.128. The summed E-state index contributed by atoms with van der Waals surface area (Å²) in [7, 11) is 0. The molecule has 1 N–H and O–H groups in total. The second-order valence-electron chi connectivity index (χ2n) is 5.29. The summed E-state index contributed by atoms with van der Waals surface area (Å²) in [6, 6.07) is 7.76. The molecule has 0 atom stereocenters. The van der Waals surface area contributed by atoms with E-state index in [1.54, 1.807) is 12.2 Å². The van der Waals surface area contributed by atoms with Crippen molar-refractivity contribution < 1.29 is 9.59 Å². The van der Waals surface area contributed by atoms with E-state index in [1.807, 2.05) is 24.3 Å². The van der Waals surface area contributed by atoms with E-state index in [-0.39, 0.29) is 17.2 Å². The molecule has 1 saturated heterocycles. The molecule has 1 aromatic rings. The fourth-order valence-corrected chi connectivity index (χ4v) is 2.78. The third-order valence-corrected chi connectivity index (χ3v) is 4.15. The van der Waals surface area contributed by atoms with Crippen LogP contribution in [0.4, 0.5) is 5.69 Å². The second-order valence-corrected chi connectivity index (χ2v) is 5.67. The van der Waals surface area contributed by atoms with Crippen molar-refractivity contribution in [3.63, 3.8) is 0 Å². The third-order valence-electron chi connectivity index (χ3n) is 3.83. The Balaban J connectivity index is 2.28. The van der Waals surface area contributed by atoms with Crippen molar-refractivity contribution in [2.24, 2.45) is 0 Å². The van der Waals surface area contributed by atoms with Gasteiger partial charge in [-0.05, 0) is 49.8 Å². The van der Waals surface area contributed by atoms with Crippen LogP contribution in [-0.2, 0) is 9.59 Å². The maximum Gasteiger partial charge on any atom is 0.265 e. The number of carbonyl (C=O) groups is 2. The van der Waals surface area contributed by atoms with Crippen molar-refractivity contribution >= 4 is 40.9 Å². The fraction of sp³-hybridized carbons (Fsp3) is 0.278. The SMILES string of the molecule is C=CCN1C(=O)C(=Cc2ccc(N(CC)CC)cc2)C(=O)NC1=S. The quantitative estimate of drug-likeness (QED) is 0.373. The molecule has 1 aromatic carbocycles. The molecule has 0 aliphatic carbocycles. The molecule has 0 spiro atoms. The Morgan fingerprint density at radius 1 is 1.21 bits per heavy atom. The molecule has 0 aromatic heterocycles. The average molecular weight is 343 g/mol. The topological polar surface area (TPSA) is 52.7 Å². The molecule has 6 heteroatoms. The predicted molar refractivity (Wildman–Crippen MR) is 101 cm³/mol. The van der Waals surface area contributed by atoms with Crippen molar-refractivity contribution in [1.29, 1.82) is 0 Å². The predicted octanol–water partition coefficient (Wildman–Crippen LogP) is 2.35. The lowest BCUT2D eigenvalue weighted by Gasteiger charge is -2.27. The van der Waals surface area contributed by atoms with E-state index in [9.17, 15) is 9.59 Å². The molecule has 126 valence electrons. The lowest BCUT2D eigenvalue weighted by Crippen LogP contribution is -2.53. The van der Waals surface area contributed by atoms with Crippen LogP contribution in [0.5, 0.6) is 0 Å². The first-order valence-corrected chi connectivity index (χ1v) is 8.27. The molecular weight excluding hydrogens is 322 g/mol. The number of amides is 2. The molecular formula is C18H21N3O2S. The molecule has 0 unspecified atom stereocenters. The van der Waals surface area contributed by atoms with Crippen molar-refractivity contribution in [1.82, 2.24) is 10.2 Å². The number of rotatable bonds is 6.